The van der Waals surface area contributed by atoms with Gasteiger partial charge < -0.3 is 19.7 Å². The fourth-order valence-electron chi connectivity index (χ4n) is 5.02. The molecule has 1 N–H and O–H groups in total. The Labute approximate surface area is 234 Å². The minimum Gasteiger partial charge on any atom is -0.383 e. The van der Waals surface area contributed by atoms with Crippen molar-refractivity contribution in [3.05, 3.63) is 70.5 Å². The minimum absolute atomic E-state index is 0.280. The number of nitrogens with zero attached hydrogens (tertiary/aromatic N) is 5. The average molecular weight is 551 g/mol. The van der Waals surface area contributed by atoms with Gasteiger partial charge in [0.15, 0.2) is 0 Å². The molecule has 206 valence electrons. The Hall–Kier alpha value is -3.42. The first kappa shape index (κ1) is 28.6. The van der Waals surface area contributed by atoms with Crippen LogP contribution in [-0.2, 0) is 9.47 Å². The van der Waals surface area contributed by atoms with E-state index < -0.39 is 0 Å². The average Bonchev–Trinajstić information content (AvgIpc) is 3.35. The Morgan fingerprint density at radius 1 is 1.13 bits per heavy atom. The number of nitriles is 1. The summed E-state index contributed by atoms with van der Waals surface area (Å²) < 4.78 is 12.3. The zero-order valence-electron chi connectivity index (χ0n) is 22.7. The van der Waals surface area contributed by atoms with Crippen molar-refractivity contribution < 1.29 is 14.3 Å². The van der Waals surface area contributed by atoms with E-state index in [0.29, 0.717) is 46.8 Å². The van der Waals surface area contributed by atoms with Gasteiger partial charge in [-0.3, -0.25) is 9.69 Å². The lowest BCUT2D eigenvalue weighted by Crippen LogP contribution is -2.47. The van der Waals surface area contributed by atoms with Crippen molar-refractivity contribution in [2.45, 2.75) is 25.8 Å². The summed E-state index contributed by atoms with van der Waals surface area (Å²) in [5.41, 5.74) is 3.98. The quantitative estimate of drug-likeness (QED) is 0.375. The van der Waals surface area contributed by atoms with Crippen LogP contribution in [0.3, 0.4) is 0 Å². The predicted molar refractivity (Wildman–Crippen MR) is 153 cm³/mol. The van der Waals surface area contributed by atoms with Crippen molar-refractivity contribution in [2.75, 3.05) is 63.8 Å². The van der Waals surface area contributed by atoms with Gasteiger partial charge in [0.2, 0.25) is 0 Å². The Morgan fingerprint density at radius 2 is 1.79 bits per heavy atom. The topological polar surface area (TPSA) is 95.7 Å². The number of nitrogens with one attached hydrogen (secondary N) is 1. The van der Waals surface area contributed by atoms with Crippen molar-refractivity contribution in [3.63, 3.8) is 0 Å². The molecule has 2 heterocycles. The van der Waals surface area contributed by atoms with Crippen LogP contribution in [0.25, 0.3) is 5.69 Å². The molecular formula is C29H35ClN6O3. The minimum atomic E-state index is -0.280. The number of rotatable bonds is 11. The van der Waals surface area contributed by atoms with Crippen LogP contribution in [0.2, 0.25) is 5.02 Å². The van der Waals surface area contributed by atoms with E-state index in [9.17, 15) is 10.1 Å². The summed E-state index contributed by atoms with van der Waals surface area (Å²) in [5, 5.41) is 17.8. The Morgan fingerprint density at radius 3 is 2.41 bits per heavy atom. The molecule has 0 spiro atoms. The van der Waals surface area contributed by atoms with Gasteiger partial charge in [-0.15, -0.1) is 0 Å². The Kier molecular flexibility index (Phi) is 9.96. The zero-order chi connectivity index (χ0) is 27.8. The summed E-state index contributed by atoms with van der Waals surface area (Å²) in [6.45, 7) is 6.68. The maximum atomic E-state index is 13.1. The Bertz CT molecular complexity index is 1290. The number of hydrogen-bond donors (Lipinski definition) is 1. The molecule has 3 aromatic rings. The summed E-state index contributed by atoms with van der Waals surface area (Å²) in [6, 6.07) is 15.5. The van der Waals surface area contributed by atoms with Crippen LogP contribution in [-0.4, -0.2) is 80.2 Å². The molecule has 0 saturated carbocycles. The van der Waals surface area contributed by atoms with Gasteiger partial charge in [0.05, 0.1) is 47.6 Å². The molecule has 0 unspecified atom stereocenters. The molecule has 1 aliphatic rings. The number of anilines is 2. The van der Waals surface area contributed by atoms with E-state index in [2.05, 4.69) is 26.3 Å². The summed E-state index contributed by atoms with van der Waals surface area (Å²) in [7, 11) is 3.45. The van der Waals surface area contributed by atoms with Crippen LogP contribution in [0, 0.1) is 18.3 Å². The molecule has 1 aliphatic heterocycles. The lowest BCUT2D eigenvalue weighted by molar-refractivity contribution is 0.0787. The van der Waals surface area contributed by atoms with Crippen LogP contribution >= 0.6 is 11.6 Å². The van der Waals surface area contributed by atoms with Crippen molar-refractivity contribution >= 4 is 28.9 Å². The van der Waals surface area contributed by atoms with E-state index in [-0.39, 0.29) is 5.91 Å². The van der Waals surface area contributed by atoms with E-state index in [1.165, 1.54) is 0 Å². The monoisotopic (exact) mass is 550 g/mol. The van der Waals surface area contributed by atoms with Gasteiger partial charge in [-0.2, -0.15) is 10.4 Å². The van der Waals surface area contributed by atoms with Crippen LogP contribution in [0.15, 0.2) is 48.7 Å². The fraction of sp³-hybridized carbons (Fsp3) is 0.414. The third kappa shape index (κ3) is 6.97. The molecule has 4 rings (SSSR count). The van der Waals surface area contributed by atoms with Crippen molar-refractivity contribution in [2.24, 2.45) is 0 Å². The smallest absolute Gasteiger partial charge is 0.259 e. The molecule has 2 aromatic carbocycles. The molecule has 1 fully saturated rings. The van der Waals surface area contributed by atoms with Gasteiger partial charge in [-0.05, 0) is 62.2 Å². The number of benzene rings is 2. The highest BCUT2D eigenvalue weighted by Crippen LogP contribution is 2.28. The maximum Gasteiger partial charge on any atom is 0.259 e. The molecule has 1 saturated heterocycles. The number of ether oxygens (including phenoxy) is 2. The van der Waals surface area contributed by atoms with Gasteiger partial charge in [0, 0.05) is 57.2 Å². The van der Waals surface area contributed by atoms with Crippen molar-refractivity contribution in [1.82, 2.24) is 14.7 Å². The molecule has 9 nitrogen and oxygen atoms in total. The van der Waals surface area contributed by atoms with Gasteiger partial charge in [0.1, 0.15) is 6.07 Å². The van der Waals surface area contributed by atoms with E-state index in [4.69, 9.17) is 21.1 Å². The molecule has 1 aromatic heterocycles. The summed E-state index contributed by atoms with van der Waals surface area (Å²) in [5.74, 6) is -0.280. The fourth-order valence-corrected chi connectivity index (χ4v) is 5.14. The van der Waals surface area contributed by atoms with Gasteiger partial charge in [0.25, 0.3) is 5.91 Å². The first-order chi connectivity index (χ1) is 18.9. The van der Waals surface area contributed by atoms with Gasteiger partial charge in [-0.1, -0.05) is 11.6 Å². The number of carbonyl (C=O) groups excluding carboxylic acids is 1. The number of methoxy groups -OCH3 is 2. The highest BCUT2D eigenvalue weighted by molar-refractivity contribution is 6.30. The lowest BCUT2D eigenvalue weighted by atomic mass is 10.0. The molecule has 1 amide bonds. The van der Waals surface area contributed by atoms with E-state index >= 15 is 0 Å². The highest BCUT2D eigenvalue weighted by Gasteiger charge is 2.26. The highest BCUT2D eigenvalue weighted by atomic mass is 35.5. The molecule has 10 heteroatoms. The summed E-state index contributed by atoms with van der Waals surface area (Å²) in [6.07, 6.45) is 3.53. The zero-order valence-corrected chi connectivity index (χ0v) is 23.4. The summed E-state index contributed by atoms with van der Waals surface area (Å²) >= 11 is 5.99. The third-order valence-corrected chi connectivity index (χ3v) is 7.44. The maximum absolute atomic E-state index is 13.1. The predicted octanol–water partition coefficient (Wildman–Crippen LogP) is 4.52. The van der Waals surface area contributed by atoms with Gasteiger partial charge >= 0.3 is 0 Å². The second kappa shape index (κ2) is 13.6. The van der Waals surface area contributed by atoms with Gasteiger partial charge in [-0.25, -0.2) is 4.68 Å². The third-order valence-electron chi connectivity index (χ3n) is 7.19. The molecule has 0 bridgehead atoms. The summed E-state index contributed by atoms with van der Waals surface area (Å²) in [4.78, 5) is 17.8. The largest absolute Gasteiger partial charge is 0.383 e. The normalized spacial score (nSPS) is 14.0. The number of hydrogen-bond acceptors (Lipinski definition) is 7. The van der Waals surface area contributed by atoms with Crippen LogP contribution < -0.4 is 10.2 Å². The second-order valence-electron chi connectivity index (χ2n) is 9.57. The molecule has 0 radical (unpaired) electrons. The molecule has 39 heavy (non-hydrogen) atoms. The lowest BCUT2D eigenvalue weighted by Gasteiger charge is -2.39. The SMILES string of the molecule is COCCN(CCOC)C1CCN(c2ccc(NC(=O)c3cnn(-c4ccc(Cl)cc4)c3C)cc2C#N)CC1. The van der Waals surface area contributed by atoms with Crippen molar-refractivity contribution in [1.29, 1.82) is 5.26 Å². The second-order valence-corrected chi connectivity index (χ2v) is 10.0. The first-order valence-electron chi connectivity index (χ1n) is 13.1. The van der Waals surface area contributed by atoms with E-state index in [1.807, 2.05) is 31.2 Å². The number of piperidine rings is 1. The number of halogens is 1. The van der Waals surface area contributed by atoms with Crippen LogP contribution in [0.5, 0.6) is 0 Å². The molecule has 0 atom stereocenters. The number of carbonyl (C=O) groups is 1. The standard InChI is InChI=1S/C29H35ClN6O3/c1-21-27(20-32-36(21)26-7-4-23(30)5-8-26)29(37)33-24-6-9-28(22(18-24)19-31)35-12-10-25(11-13-35)34(14-16-38-2)15-17-39-3/h4-9,18,20,25H,10-17H2,1-3H3,(H,33,37). The molecule has 0 aliphatic carbocycles. The number of aromatic nitrogens is 2. The first-order valence-corrected chi connectivity index (χ1v) is 13.5. The van der Waals surface area contributed by atoms with Crippen LogP contribution in [0.1, 0.15) is 34.5 Å². The van der Waals surface area contributed by atoms with Crippen molar-refractivity contribution in [3.8, 4) is 11.8 Å². The number of amides is 1. The Balaban J connectivity index is 1.41. The van der Waals surface area contributed by atoms with E-state index in [0.717, 1.165) is 50.4 Å². The molecular weight excluding hydrogens is 516 g/mol. The van der Waals surface area contributed by atoms with Crippen LogP contribution in [0.4, 0.5) is 11.4 Å². The van der Waals surface area contributed by atoms with E-state index in [1.54, 1.807) is 43.3 Å².